The highest BCUT2D eigenvalue weighted by Gasteiger charge is 2.22. The van der Waals surface area contributed by atoms with Crippen molar-refractivity contribution < 1.29 is 0 Å². The average Bonchev–Trinajstić information content (AvgIpc) is 3.02. The normalized spacial score (nSPS) is 12.8. The first-order valence-electron chi connectivity index (χ1n) is 7.69. The Morgan fingerprint density at radius 3 is 2.72 bits per heavy atom. The van der Waals surface area contributed by atoms with Gasteiger partial charge in [-0.15, -0.1) is 12.4 Å². The number of hydrogen-bond acceptors (Lipinski definition) is 4. The fourth-order valence-corrected chi connectivity index (χ4v) is 3.20. The Labute approximate surface area is 156 Å². The number of nitrogens with zero attached hydrogens (tertiary/aromatic N) is 4. The van der Waals surface area contributed by atoms with Crippen LogP contribution in [0.1, 0.15) is 11.3 Å². The monoisotopic (exact) mass is 371 g/mol. The van der Waals surface area contributed by atoms with Crippen molar-refractivity contribution in [1.29, 1.82) is 5.26 Å². The maximum atomic E-state index is 9.26. The predicted octanol–water partition coefficient (Wildman–Crippen LogP) is 3.66. The number of halogens is 2. The Morgan fingerprint density at radius 1 is 1.16 bits per heavy atom. The van der Waals surface area contributed by atoms with Gasteiger partial charge < -0.3 is 5.32 Å². The summed E-state index contributed by atoms with van der Waals surface area (Å²) < 4.78 is 2.04. The summed E-state index contributed by atoms with van der Waals surface area (Å²) in [5, 5.41) is 17.9. The van der Waals surface area contributed by atoms with Crippen molar-refractivity contribution in [2.45, 2.75) is 13.1 Å². The summed E-state index contributed by atoms with van der Waals surface area (Å²) in [6.07, 6.45) is 3.56. The van der Waals surface area contributed by atoms with Gasteiger partial charge in [0.15, 0.2) is 0 Å². The molecular weight excluding hydrogens is 357 g/mol. The highest BCUT2D eigenvalue weighted by molar-refractivity contribution is 6.31. The summed E-state index contributed by atoms with van der Waals surface area (Å²) in [6.45, 7) is 2.49. The van der Waals surface area contributed by atoms with E-state index in [1.165, 1.54) is 0 Å². The van der Waals surface area contributed by atoms with Crippen LogP contribution in [0.5, 0.6) is 0 Å². The summed E-state index contributed by atoms with van der Waals surface area (Å²) in [5.41, 5.74) is 5.52. The van der Waals surface area contributed by atoms with E-state index >= 15 is 0 Å². The fourth-order valence-electron chi connectivity index (χ4n) is 3.04. The lowest BCUT2D eigenvalue weighted by Crippen LogP contribution is -2.28. The van der Waals surface area contributed by atoms with Crippen LogP contribution in [-0.2, 0) is 13.1 Å². The first-order chi connectivity index (χ1) is 11.8. The molecule has 0 fully saturated rings. The van der Waals surface area contributed by atoms with Crippen molar-refractivity contribution in [3.05, 3.63) is 59.0 Å². The molecule has 3 heterocycles. The lowest BCUT2D eigenvalue weighted by atomic mass is 9.98. The molecule has 4 rings (SSSR count). The van der Waals surface area contributed by atoms with Gasteiger partial charge in [0.2, 0.25) is 0 Å². The second kappa shape index (κ2) is 7.24. The minimum absolute atomic E-state index is 0. The van der Waals surface area contributed by atoms with Crippen molar-refractivity contribution in [2.24, 2.45) is 0 Å². The van der Waals surface area contributed by atoms with Crippen molar-refractivity contribution in [3.63, 3.8) is 0 Å². The predicted molar refractivity (Wildman–Crippen MR) is 99.6 cm³/mol. The van der Waals surface area contributed by atoms with E-state index in [4.69, 9.17) is 16.7 Å². The fraction of sp³-hybridized carbons (Fsp3) is 0.167. The molecule has 3 aromatic rings. The van der Waals surface area contributed by atoms with E-state index in [0.717, 1.165) is 47.7 Å². The molecule has 2 aromatic heterocycles. The van der Waals surface area contributed by atoms with Gasteiger partial charge in [0.05, 0.1) is 22.8 Å². The molecule has 0 atom stereocenters. The van der Waals surface area contributed by atoms with Crippen LogP contribution in [-0.4, -0.2) is 21.3 Å². The van der Waals surface area contributed by atoms with Gasteiger partial charge >= 0.3 is 0 Å². The second-order valence-electron chi connectivity index (χ2n) is 5.61. The third-order valence-electron chi connectivity index (χ3n) is 4.18. The summed E-state index contributed by atoms with van der Waals surface area (Å²) in [7, 11) is 0. The number of pyridine rings is 1. The highest BCUT2D eigenvalue weighted by Crippen LogP contribution is 2.36. The van der Waals surface area contributed by atoms with Crippen molar-refractivity contribution in [1.82, 2.24) is 20.1 Å². The standard InChI is InChI=1S/C18H14ClN5.ClH/c19-15-2-1-13(9-14(15)10-20)18-17(12-3-5-21-6-4-12)16-11-22-7-8-24(16)23-18;/h1-6,9,22H,7-8,11H2;1H. The van der Waals surface area contributed by atoms with Crippen LogP contribution in [0.4, 0.5) is 0 Å². The Balaban J connectivity index is 0.00000182. The van der Waals surface area contributed by atoms with Gasteiger partial charge in [0.1, 0.15) is 11.8 Å². The first kappa shape index (κ1) is 17.4. The van der Waals surface area contributed by atoms with Gasteiger partial charge in [-0.05, 0) is 29.8 Å². The zero-order valence-electron chi connectivity index (χ0n) is 13.2. The number of nitriles is 1. The summed E-state index contributed by atoms with van der Waals surface area (Å²) in [5.74, 6) is 0. The topological polar surface area (TPSA) is 66.5 Å². The van der Waals surface area contributed by atoms with Gasteiger partial charge in [-0.2, -0.15) is 10.4 Å². The number of fused-ring (bicyclic) bond motifs is 1. The van der Waals surface area contributed by atoms with Crippen LogP contribution < -0.4 is 5.32 Å². The van der Waals surface area contributed by atoms with Gasteiger partial charge in [-0.3, -0.25) is 9.67 Å². The SMILES string of the molecule is Cl.N#Cc1cc(-c2nn3c(c2-c2ccncc2)CNCC3)ccc1Cl. The zero-order valence-corrected chi connectivity index (χ0v) is 14.8. The Hall–Kier alpha value is -2.39. The van der Waals surface area contributed by atoms with E-state index < -0.39 is 0 Å². The number of benzene rings is 1. The molecule has 0 amide bonds. The molecule has 1 aromatic carbocycles. The van der Waals surface area contributed by atoms with Crippen LogP contribution in [0.2, 0.25) is 5.02 Å². The Bertz CT molecular complexity index is 944. The van der Waals surface area contributed by atoms with Crippen LogP contribution in [0.15, 0.2) is 42.7 Å². The van der Waals surface area contributed by atoms with Gasteiger partial charge in [-0.25, -0.2) is 0 Å². The molecule has 0 aliphatic carbocycles. The minimum atomic E-state index is 0. The average molecular weight is 372 g/mol. The van der Waals surface area contributed by atoms with Crippen molar-refractivity contribution in [3.8, 4) is 28.5 Å². The summed E-state index contributed by atoms with van der Waals surface area (Å²) >= 11 is 6.08. The lowest BCUT2D eigenvalue weighted by Gasteiger charge is -2.16. The molecular formula is C18H15Cl2N5. The largest absolute Gasteiger partial charge is 0.309 e. The molecule has 7 heteroatoms. The molecule has 126 valence electrons. The van der Waals surface area contributed by atoms with Crippen LogP contribution in [0.25, 0.3) is 22.4 Å². The molecule has 0 saturated carbocycles. The van der Waals surface area contributed by atoms with E-state index in [2.05, 4.69) is 16.4 Å². The number of hydrogen-bond donors (Lipinski definition) is 1. The van der Waals surface area contributed by atoms with E-state index in [0.29, 0.717) is 10.6 Å². The molecule has 0 unspecified atom stereocenters. The smallest absolute Gasteiger partial charge is 0.101 e. The van der Waals surface area contributed by atoms with Crippen molar-refractivity contribution >= 4 is 24.0 Å². The minimum Gasteiger partial charge on any atom is -0.309 e. The van der Waals surface area contributed by atoms with Crippen LogP contribution in [0, 0.1) is 11.3 Å². The van der Waals surface area contributed by atoms with Crippen LogP contribution >= 0.6 is 24.0 Å². The van der Waals surface area contributed by atoms with Crippen molar-refractivity contribution in [2.75, 3.05) is 6.54 Å². The van der Waals surface area contributed by atoms with E-state index in [9.17, 15) is 5.26 Å². The number of nitrogens with one attached hydrogen (secondary N) is 1. The van der Waals surface area contributed by atoms with Gasteiger partial charge in [-0.1, -0.05) is 17.7 Å². The molecule has 1 aliphatic rings. The summed E-state index contributed by atoms with van der Waals surface area (Å²) in [4.78, 5) is 4.11. The van der Waals surface area contributed by atoms with E-state index in [1.807, 2.05) is 22.9 Å². The number of rotatable bonds is 2. The molecule has 1 aliphatic heterocycles. The highest BCUT2D eigenvalue weighted by atomic mass is 35.5. The zero-order chi connectivity index (χ0) is 16.5. The molecule has 1 N–H and O–H groups in total. The third-order valence-corrected chi connectivity index (χ3v) is 4.51. The Morgan fingerprint density at radius 2 is 1.96 bits per heavy atom. The van der Waals surface area contributed by atoms with Gasteiger partial charge in [0, 0.05) is 36.6 Å². The quantitative estimate of drug-likeness (QED) is 0.746. The first-order valence-corrected chi connectivity index (χ1v) is 8.06. The lowest BCUT2D eigenvalue weighted by molar-refractivity contribution is 0.477. The molecule has 5 nitrogen and oxygen atoms in total. The maximum Gasteiger partial charge on any atom is 0.101 e. The molecule has 0 spiro atoms. The molecule has 0 saturated heterocycles. The third kappa shape index (κ3) is 3.12. The molecule has 25 heavy (non-hydrogen) atoms. The number of aromatic nitrogens is 3. The van der Waals surface area contributed by atoms with Gasteiger partial charge in [0.25, 0.3) is 0 Å². The maximum absolute atomic E-state index is 9.26. The Kier molecular flexibility index (Phi) is 5.05. The summed E-state index contributed by atoms with van der Waals surface area (Å²) in [6, 6.07) is 11.6. The van der Waals surface area contributed by atoms with E-state index in [-0.39, 0.29) is 12.4 Å². The van der Waals surface area contributed by atoms with Crippen LogP contribution in [0.3, 0.4) is 0 Å². The molecule has 0 bridgehead atoms. The second-order valence-corrected chi connectivity index (χ2v) is 6.02. The van der Waals surface area contributed by atoms with E-state index in [1.54, 1.807) is 24.5 Å². The molecule has 0 radical (unpaired) electrons.